The van der Waals surface area contributed by atoms with Gasteiger partial charge < -0.3 is 19.7 Å². The molecule has 0 spiro atoms. The van der Waals surface area contributed by atoms with Gasteiger partial charge in [-0.05, 0) is 56.4 Å². The lowest BCUT2D eigenvalue weighted by molar-refractivity contribution is -0.140. The van der Waals surface area contributed by atoms with Crippen molar-refractivity contribution in [2.24, 2.45) is 0 Å². The summed E-state index contributed by atoms with van der Waals surface area (Å²) in [4.78, 5) is 27.9. The maximum atomic E-state index is 13.3. The maximum Gasteiger partial charge on any atom is 0.242 e. The minimum absolute atomic E-state index is 0.0226. The molecule has 1 unspecified atom stereocenters. The highest BCUT2D eigenvalue weighted by Crippen LogP contribution is 2.28. The molecule has 32 heavy (non-hydrogen) atoms. The summed E-state index contributed by atoms with van der Waals surface area (Å²) in [5, 5.41) is 2.97. The van der Waals surface area contributed by atoms with E-state index >= 15 is 0 Å². The van der Waals surface area contributed by atoms with Gasteiger partial charge in [0.1, 0.15) is 6.04 Å². The molecule has 0 aliphatic carbocycles. The van der Waals surface area contributed by atoms with E-state index in [1.807, 2.05) is 69.3 Å². The van der Waals surface area contributed by atoms with Crippen LogP contribution in [0.2, 0.25) is 0 Å². The molecule has 6 heteroatoms. The van der Waals surface area contributed by atoms with E-state index in [-0.39, 0.29) is 17.9 Å². The Kier molecular flexibility index (Phi) is 10.1. The van der Waals surface area contributed by atoms with Crippen molar-refractivity contribution in [1.29, 1.82) is 0 Å². The first-order valence-corrected chi connectivity index (χ1v) is 11.2. The molecule has 0 aromatic heterocycles. The Hall–Kier alpha value is -3.02. The van der Waals surface area contributed by atoms with Crippen molar-refractivity contribution in [3.63, 3.8) is 0 Å². The summed E-state index contributed by atoms with van der Waals surface area (Å²) in [7, 11) is 3.19. The molecule has 0 saturated carbocycles. The van der Waals surface area contributed by atoms with Crippen molar-refractivity contribution in [2.75, 3.05) is 20.8 Å². The zero-order valence-electron chi connectivity index (χ0n) is 19.9. The number of carbonyl (C=O) groups is 2. The molecule has 2 amide bonds. The Morgan fingerprint density at radius 2 is 1.62 bits per heavy atom. The van der Waals surface area contributed by atoms with Crippen molar-refractivity contribution >= 4 is 11.8 Å². The summed E-state index contributed by atoms with van der Waals surface area (Å²) in [5.74, 6) is 1.17. The van der Waals surface area contributed by atoms with Gasteiger partial charge in [-0.25, -0.2) is 0 Å². The average Bonchev–Trinajstić information content (AvgIpc) is 2.79. The van der Waals surface area contributed by atoms with Crippen LogP contribution in [0, 0.1) is 0 Å². The van der Waals surface area contributed by atoms with E-state index in [0.717, 1.165) is 11.1 Å². The van der Waals surface area contributed by atoms with Gasteiger partial charge in [0.15, 0.2) is 11.5 Å². The molecule has 6 nitrogen and oxygen atoms in total. The Morgan fingerprint density at radius 1 is 0.938 bits per heavy atom. The number of methoxy groups -OCH3 is 2. The summed E-state index contributed by atoms with van der Waals surface area (Å²) >= 11 is 0. The maximum absolute atomic E-state index is 13.3. The summed E-state index contributed by atoms with van der Waals surface area (Å²) < 4.78 is 10.7. The molecule has 0 aliphatic heterocycles. The summed E-state index contributed by atoms with van der Waals surface area (Å²) in [6, 6.07) is 15.2. The van der Waals surface area contributed by atoms with Gasteiger partial charge in [-0.1, -0.05) is 43.3 Å². The van der Waals surface area contributed by atoms with Crippen molar-refractivity contribution in [3.05, 3.63) is 59.7 Å². The van der Waals surface area contributed by atoms with Gasteiger partial charge in [-0.15, -0.1) is 0 Å². The number of nitrogens with zero attached hydrogens (tertiary/aromatic N) is 1. The van der Waals surface area contributed by atoms with Crippen LogP contribution in [0.3, 0.4) is 0 Å². The van der Waals surface area contributed by atoms with Crippen LogP contribution >= 0.6 is 0 Å². The van der Waals surface area contributed by atoms with E-state index in [2.05, 4.69) is 5.32 Å². The van der Waals surface area contributed by atoms with E-state index in [9.17, 15) is 9.59 Å². The van der Waals surface area contributed by atoms with Crippen LogP contribution in [0.4, 0.5) is 0 Å². The number of amides is 2. The predicted molar refractivity (Wildman–Crippen MR) is 127 cm³/mol. The third-order valence-electron chi connectivity index (χ3n) is 5.38. The number of rotatable bonds is 12. The van der Waals surface area contributed by atoms with Gasteiger partial charge in [0.2, 0.25) is 11.8 Å². The van der Waals surface area contributed by atoms with Gasteiger partial charge in [-0.2, -0.15) is 0 Å². The van der Waals surface area contributed by atoms with Gasteiger partial charge in [0.05, 0.1) is 14.2 Å². The van der Waals surface area contributed by atoms with Crippen LogP contribution in [0.1, 0.15) is 44.7 Å². The smallest absolute Gasteiger partial charge is 0.242 e. The predicted octanol–water partition coefficient (Wildman–Crippen LogP) is 4.01. The van der Waals surface area contributed by atoms with Crippen LogP contribution in [-0.4, -0.2) is 49.6 Å². The SMILES string of the molecule is CCC(C(=O)NC(C)C)N(CCc1ccccc1)C(=O)CCc1ccc(OC)c(OC)c1. The molecule has 174 valence electrons. The highest BCUT2D eigenvalue weighted by atomic mass is 16.5. The second-order valence-electron chi connectivity index (χ2n) is 8.10. The second kappa shape index (κ2) is 12.7. The number of aryl methyl sites for hydroxylation is 1. The second-order valence-corrected chi connectivity index (χ2v) is 8.10. The third-order valence-corrected chi connectivity index (χ3v) is 5.38. The molecule has 2 aromatic rings. The van der Waals surface area contributed by atoms with Crippen LogP contribution < -0.4 is 14.8 Å². The first-order valence-electron chi connectivity index (χ1n) is 11.2. The highest BCUT2D eigenvalue weighted by Gasteiger charge is 2.28. The molecule has 1 atom stereocenters. The standard InChI is InChI=1S/C26H36N2O4/c1-6-22(26(30)27-19(2)3)28(17-16-20-10-8-7-9-11-20)25(29)15-13-21-12-14-23(31-4)24(18-21)32-5/h7-12,14,18-19,22H,6,13,15-17H2,1-5H3,(H,27,30). The highest BCUT2D eigenvalue weighted by molar-refractivity contribution is 5.87. The molecule has 2 rings (SSSR count). The molecule has 2 aromatic carbocycles. The average molecular weight is 441 g/mol. The fraction of sp³-hybridized carbons (Fsp3) is 0.462. The molecule has 0 aliphatic rings. The van der Waals surface area contributed by atoms with Crippen molar-refractivity contribution in [2.45, 2.75) is 58.5 Å². The summed E-state index contributed by atoms with van der Waals surface area (Å²) in [6.07, 6.45) is 2.14. The molecule has 0 radical (unpaired) electrons. The normalized spacial score (nSPS) is 11.7. The van der Waals surface area contributed by atoms with Crippen LogP contribution in [0.25, 0.3) is 0 Å². The molecule has 0 heterocycles. The number of carbonyl (C=O) groups excluding carboxylic acids is 2. The lowest BCUT2D eigenvalue weighted by atomic mass is 10.1. The van der Waals surface area contributed by atoms with Gasteiger partial charge in [-0.3, -0.25) is 9.59 Å². The Balaban J connectivity index is 2.15. The number of ether oxygens (including phenoxy) is 2. The first-order chi connectivity index (χ1) is 15.4. The van der Waals surface area contributed by atoms with Gasteiger partial charge in [0, 0.05) is 19.0 Å². The first kappa shape index (κ1) is 25.2. The van der Waals surface area contributed by atoms with Crippen molar-refractivity contribution in [1.82, 2.24) is 10.2 Å². The minimum Gasteiger partial charge on any atom is -0.493 e. The van der Waals surface area contributed by atoms with E-state index < -0.39 is 6.04 Å². The zero-order valence-corrected chi connectivity index (χ0v) is 19.9. The van der Waals surface area contributed by atoms with Gasteiger partial charge >= 0.3 is 0 Å². The van der Waals surface area contributed by atoms with Crippen molar-refractivity contribution < 1.29 is 19.1 Å². The zero-order chi connectivity index (χ0) is 23.5. The quantitative estimate of drug-likeness (QED) is 0.542. The van der Waals surface area contributed by atoms with E-state index in [1.54, 1.807) is 19.1 Å². The number of hydrogen-bond donors (Lipinski definition) is 1. The Labute approximate surface area is 191 Å². The fourth-order valence-corrected chi connectivity index (χ4v) is 3.71. The fourth-order valence-electron chi connectivity index (χ4n) is 3.71. The van der Waals surface area contributed by atoms with Crippen LogP contribution in [-0.2, 0) is 22.4 Å². The van der Waals surface area contributed by atoms with E-state index in [1.165, 1.54) is 0 Å². The molecule has 0 bridgehead atoms. The van der Waals surface area contributed by atoms with Crippen molar-refractivity contribution in [3.8, 4) is 11.5 Å². The van der Waals surface area contributed by atoms with Gasteiger partial charge in [0.25, 0.3) is 0 Å². The lowest BCUT2D eigenvalue weighted by Crippen LogP contribution is -2.51. The van der Waals surface area contributed by atoms with Crippen LogP contribution in [0.5, 0.6) is 11.5 Å². The monoisotopic (exact) mass is 440 g/mol. The number of hydrogen-bond acceptors (Lipinski definition) is 4. The third kappa shape index (κ3) is 7.29. The van der Waals surface area contributed by atoms with E-state index in [4.69, 9.17) is 9.47 Å². The summed E-state index contributed by atoms with van der Waals surface area (Å²) in [6.45, 7) is 6.30. The molecule has 0 saturated heterocycles. The topological polar surface area (TPSA) is 67.9 Å². The number of nitrogens with one attached hydrogen (secondary N) is 1. The molecular formula is C26H36N2O4. The molecule has 1 N–H and O–H groups in total. The largest absolute Gasteiger partial charge is 0.493 e. The molecule has 0 fully saturated rings. The number of benzene rings is 2. The van der Waals surface area contributed by atoms with E-state index in [0.29, 0.717) is 43.7 Å². The molecular weight excluding hydrogens is 404 g/mol. The Morgan fingerprint density at radius 3 is 2.22 bits per heavy atom. The van der Waals surface area contributed by atoms with Crippen LogP contribution in [0.15, 0.2) is 48.5 Å². The summed E-state index contributed by atoms with van der Waals surface area (Å²) in [5.41, 5.74) is 2.13. The lowest BCUT2D eigenvalue weighted by Gasteiger charge is -2.31. The Bertz CT molecular complexity index is 867. The minimum atomic E-state index is -0.487.